The van der Waals surface area contributed by atoms with Crippen molar-refractivity contribution >= 4 is 5.91 Å². The summed E-state index contributed by atoms with van der Waals surface area (Å²) < 4.78 is 0. The molecule has 0 aromatic heterocycles. The zero-order valence-electron chi connectivity index (χ0n) is 13.5. The van der Waals surface area contributed by atoms with E-state index in [1.807, 2.05) is 0 Å². The van der Waals surface area contributed by atoms with Gasteiger partial charge in [0.25, 0.3) is 0 Å². The second kappa shape index (κ2) is 6.93. The van der Waals surface area contributed by atoms with E-state index in [0.29, 0.717) is 24.4 Å². The number of nitrogens with two attached hydrogens (primary N) is 1. The lowest BCUT2D eigenvalue weighted by Gasteiger charge is -2.48. The third-order valence-corrected chi connectivity index (χ3v) is 5.41. The van der Waals surface area contributed by atoms with E-state index in [2.05, 4.69) is 25.7 Å². The van der Waals surface area contributed by atoms with Crippen LogP contribution in [-0.4, -0.2) is 29.9 Å². The molecule has 116 valence electrons. The quantitative estimate of drug-likeness (QED) is 0.860. The van der Waals surface area contributed by atoms with Gasteiger partial charge in [-0.2, -0.15) is 0 Å². The Labute approximate surface area is 124 Å². The van der Waals surface area contributed by atoms with Crippen LogP contribution in [0.25, 0.3) is 0 Å². The van der Waals surface area contributed by atoms with Crippen molar-refractivity contribution < 1.29 is 4.79 Å². The van der Waals surface area contributed by atoms with Crippen LogP contribution in [0.3, 0.4) is 0 Å². The third kappa shape index (κ3) is 3.36. The molecule has 0 aromatic rings. The second-order valence-corrected chi connectivity index (χ2v) is 7.38. The summed E-state index contributed by atoms with van der Waals surface area (Å²) in [5, 5.41) is 0. The van der Waals surface area contributed by atoms with E-state index in [4.69, 9.17) is 5.73 Å². The van der Waals surface area contributed by atoms with Gasteiger partial charge in [-0.15, -0.1) is 0 Å². The van der Waals surface area contributed by atoms with Crippen molar-refractivity contribution in [2.24, 2.45) is 29.4 Å². The first-order valence-electron chi connectivity index (χ1n) is 8.55. The Morgan fingerprint density at radius 3 is 2.60 bits per heavy atom. The van der Waals surface area contributed by atoms with Gasteiger partial charge in [0, 0.05) is 19.1 Å². The predicted molar refractivity (Wildman–Crippen MR) is 83.2 cm³/mol. The number of nitrogens with zero attached hydrogens (tertiary/aromatic N) is 1. The van der Waals surface area contributed by atoms with Crippen LogP contribution in [0, 0.1) is 23.7 Å². The SMILES string of the molecule is CC(C)CC(CN)C(=O)N1CCC(C)C2CCCCC21. The molecular weight excluding hydrogens is 248 g/mol. The Balaban J connectivity index is 2.07. The first-order valence-corrected chi connectivity index (χ1v) is 8.55. The summed E-state index contributed by atoms with van der Waals surface area (Å²) >= 11 is 0. The van der Waals surface area contributed by atoms with Crippen LogP contribution in [0.5, 0.6) is 0 Å². The molecule has 0 spiro atoms. The maximum Gasteiger partial charge on any atom is 0.227 e. The molecule has 3 nitrogen and oxygen atoms in total. The molecule has 0 aromatic carbocycles. The van der Waals surface area contributed by atoms with Gasteiger partial charge in [0.15, 0.2) is 0 Å². The van der Waals surface area contributed by atoms with E-state index >= 15 is 0 Å². The van der Waals surface area contributed by atoms with Crippen LogP contribution in [-0.2, 0) is 4.79 Å². The van der Waals surface area contributed by atoms with Crippen LogP contribution >= 0.6 is 0 Å². The lowest BCUT2D eigenvalue weighted by Crippen LogP contribution is -2.54. The first kappa shape index (κ1) is 15.8. The molecule has 0 radical (unpaired) electrons. The highest BCUT2D eigenvalue weighted by Gasteiger charge is 2.40. The Morgan fingerprint density at radius 2 is 1.95 bits per heavy atom. The molecule has 3 heteroatoms. The van der Waals surface area contributed by atoms with Crippen LogP contribution in [0.4, 0.5) is 0 Å². The molecule has 1 amide bonds. The molecule has 4 atom stereocenters. The molecule has 1 aliphatic heterocycles. The second-order valence-electron chi connectivity index (χ2n) is 7.38. The van der Waals surface area contributed by atoms with Gasteiger partial charge < -0.3 is 10.6 Å². The highest BCUT2D eigenvalue weighted by Crippen LogP contribution is 2.39. The Bertz CT molecular complexity index is 329. The smallest absolute Gasteiger partial charge is 0.227 e. The van der Waals surface area contributed by atoms with Crippen LogP contribution < -0.4 is 5.73 Å². The third-order valence-electron chi connectivity index (χ3n) is 5.41. The molecule has 2 fully saturated rings. The maximum absolute atomic E-state index is 12.9. The minimum absolute atomic E-state index is 0.0333. The van der Waals surface area contributed by atoms with E-state index in [1.54, 1.807) is 0 Å². The molecule has 1 saturated heterocycles. The number of piperidine rings is 1. The van der Waals surface area contributed by atoms with Crippen LogP contribution in [0.1, 0.15) is 59.3 Å². The first-order chi connectivity index (χ1) is 9.54. The van der Waals surface area contributed by atoms with Crippen molar-refractivity contribution in [2.75, 3.05) is 13.1 Å². The average molecular weight is 280 g/mol. The van der Waals surface area contributed by atoms with Crippen molar-refractivity contribution in [3.8, 4) is 0 Å². The van der Waals surface area contributed by atoms with Crippen molar-refractivity contribution in [1.82, 2.24) is 4.90 Å². The molecule has 1 aliphatic carbocycles. The van der Waals surface area contributed by atoms with Gasteiger partial charge in [0.1, 0.15) is 0 Å². The number of hydrogen-bond donors (Lipinski definition) is 1. The summed E-state index contributed by atoms with van der Waals surface area (Å²) in [5.41, 5.74) is 5.88. The van der Waals surface area contributed by atoms with E-state index in [9.17, 15) is 4.79 Å². The summed E-state index contributed by atoms with van der Waals surface area (Å²) in [6.45, 7) is 8.19. The molecule has 1 saturated carbocycles. The van der Waals surface area contributed by atoms with Gasteiger partial charge in [-0.05, 0) is 43.4 Å². The number of carbonyl (C=O) groups is 1. The van der Waals surface area contributed by atoms with Gasteiger partial charge in [0.2, 0.25) is 5.91 Å². The molecule has 20 heavy (non-hydrogen) atoms. The lowest BCUT2D eigenvalue weighted by atomic mass is 9.72. The zero-order chi connectivity index (χ0) is 14.7. The monoisotopic (exact) mass is 280 g/mol. The Hall–Kier alpha value is -0.570. The van der Waals surface area contributed by atoms with Gasteiger partial charge >= 0.3 is 0 Å². The molecule has 2 rings (SSSR count). The Morgan fingerprint density at radius 1 is 1.25 bits per heavy atom. The van der Waals surface area contributed by atoms with E-state index < -0.39 is 0 Å². The van der Waals surface area contributed by atoms with Crippen molar-refractivity contribution in [2.45, 2.75) is 65.3 Å². The summed E-state index contributed by atoms with van der Waals surface area (Å²) in [6.07, 6.45) is 7.26. The van der Waals surface area contributed by atoms with Crippen molar-refractivity contribution in [1.29, 1.82) is 0 Å². The van der Waals surface area contributed by atoms with Crippen LogP contribution in [0.15, 0.2) is 0 Å². The standard InChI is InChI=1S/C17H32N2O/c1-12(2)10-14(11-18)17(20)19-9-8-13(3)15-6-4-5-7-16(15)19/h12-16H,4-11,18H2,1-3H3. The topological polar surface area (TPSA) is 46.3 Å². The minimum atomic E-state index is 0.0333. The number of carbonyl (C=O) groups excluding carboxylic acids is 1. The molecule has 2 N–H and O–H groups in total. The fourth-order valence-corrected chi connectivity index (χ4v) is 4.29. The van der Waals surface area contributed by atoms with Crippen LogP contribution in [0.2, 0.25) is 0 Å². The average Bonchev–Trinajstić information content (AvgIpc) is 2.44. The van der Waals surface area contributed by atoms with Gasteiger partial charge in [-0.25, -0.2) is 0 Å². The number of amides is 1. The van der Waals surface area contributed by atoms with Gasteiger partial charge in [-0.1, -0.05) is 33.6 Å². The Kier molecular flexibility index (Phi) is 5.48. The highest BCUT2D eigenvalue weighted by atomic mass is 16.2. The van der Waals surface area contributed by atoms with E-state index in [0.717, 1.165) is 24.8 Å². The van der Waals surface area contributed by atoms with Crippen molar-refractivity contribution in [3.05, 3.63) is 0 Å². The molecular formula is C17H32N2O. The number of fused-ring (bicyclic) bond motifs is 1. The normalized spacial score (nSPS) is 32.0. The van der Waals surface area contributed by atoms with Gasteiger partial charge in [0.05, 0.1) is 5.92 Å². The zero-order valence-corrected chi connectivity index (χ0v) is 13.5. The van der Waals surface area contributed by atoms with E-state index in [-0.39, 0.29) is 5.92 Å². The van der Waals surface area contributed by atoms with Crippen molar-refractivity contribution in [3.63, 3.8) is 0 Å². The molecule has 0 bridgehead atoms. The fraction of sp³-hybridized carbons (Fsp3) is 0.941. The summed E-state index contributed by atoms with van der Waals surface area (Å²) in [4.78, 5) is 15.1. The number of hydrogen-bond acceptors (Lipinski definition) is 2. The summed E-state index contributed by atoms with van der Waals surface area (Å²) in [5.74, 6) is 2.43. The molecule has 2 aliphatic rings. The minimum Gasteiger partial charge on any atom is -0.339 e. The largest absolute Gasteiger partial charge is 0.339 e. The summed E-state index contributed by atoms with van der Waals surface area (Å²) in [7, 11) is 0. The molecule has 4 unspecified atom stereocenters. The predicted octanol–water partition coefficient (Wildman–Crippen LogP) is 3.03. The highest BCUT2D eigenvalue weighted by molar-refractivity contribution is 5.79. The fourth-order valence-electron chi connectivity index (χ4n) is 4.29. The lowest BCUT2D eigenvalue weighted by molar-refractivity contribution is -0.143. The molecule has 1 heterocycles. The van der Waals surface area contributed by atoms with Gasteiger partial charge in [-0.3, -0.25) is 4.79 Å². The van der Waals surface area contributed by atoms with E-state index in [1.165, 1.54) is 32.1 Å². The number of likely N-dealkylation sites (tertiary alicyclic amines) is 1. The summed E-state index contributed by atoms with van der Waals surface area (Å²) in [6, 6.07) is 0.501. The number of rotatable bonds is 4. The maximum atomic E-state index is 12.9.